The van der Waals surface area contributed by atoms with Crippen LogP contribution in [0.5, 0.6) is 0 Å². The lowest BCUT2D eigenvalue weighted by molar-refractivity contribution is 0.661. The van der Waals surface area contributed by atoms with Crippen molar-refractivity contribution in [1.82, 2.24) is 14.5 Å². The van der Waals surface area contributed by atoms with Crippen LogP contribution in [0.3, 0.4) is 0 Å². The normalized spacial score (nSPS) is 13.2. The molecule has 0 aliphatic heterocycles. The van der Waals surface area contributed by atoms with Gasteiger partial charge in [-0.15, -0.1) is 0 Å². The molecule has 0 saturated heterocycles. The molecular weight excluding hydrogens is 607 g/mol. The standard InChI is InChI=1S/C47H33N3/c1-47(2)40-19-11-9-17-36(40)38-23-33-24-39-37-18-10-12-20-44(37)50(45(39)28-34(33)25-41(38)47)46-22-21-32(29-48-46)43-27-35(30-13-5-3-6-14-30)26-42(49-43)31-15-7-4-8-16-31/h3-29H,1-2H3. The Balaban J connectivity index is 1.13. The highest BCUT2D eigenvalue weighted by Gasteiger charge is 2.35. The van der Waals surface area contributed by atoms with Crippen LogP contribution >= 0.6 is 0 Å². The number of pyridine rings is 2. The topological polar surface area (TPSA) is 30.7 Å². The van der Waals surface area contributed by atoms with Gasteiger partial charge in [0.2, 0.25) is 0 Å². The highest BCUT2D eigenvalue weighted by Crippen LogP contribution is 2.50. The van der Waals surface area contributed by atoms with Crippen molar-refractivity contribution in [1.29, 1.82) is 0 Å². The molecule has 0 radical (unpaired) electrons. The fraction of sp³-hybridized carbons (Fsp3) is 0.0638. The molecule has 0 saturated carbocycles. The number of hydrogen-bond donors (Lipinski definition) is 0. The summed E-state index contributed by atoms with van der Waals surface area (Å²) in [6, 6.07) is 56.6. The van der Waals surface area contributed by atoms with Gasteiger partial charge in [-0.3, -0.25) is 4.57 Å². The van der Waals surface area contributed by atoms with E-state index in [9.17, 15) is 0 Å². The summed E-state index contributed by atoms with van der Waals surface area (Å²) in [4.78, 5) is 10.2. The van der Waals surface area contributed by atoms with Crippen molar-refractivity contribution >= 4 is 32.6 Å². The molecule has 0 unspecified atom stereocenters. The van der Waals surface area contributed by atoms with Gasteiger partial charge in [-0.25, -0.2) is 9.97 Å². The molecule has 236 valence electrons. The number of hydrogen-bond acceptors (Lipinski definition) is 2. The van der Waals surface area contributed by atoms with Crippen molar-refractivity contribution in [2.75, 3.05) is 0 Å². The first-order chi connectivity index (χ1) is 24.5. The van der Waals surface area contributed by atoms with E-state index in [1.807, 2.05) is 12.3 Å². The smallest absolute Gasteiger partial charge is 0.137 e. The summed E-state index contributed by atoms with van der Waals surface area (Å²) >= 11 is 0. The van der Waals surface area contributed by atoms with Gasteiger partial charge in [-0.2, -0.15) is 0 Å². The second-order valence-corrected chi connectivity index (χ2v) is 13.9. The van der Waals surface area contributed by atoms with Gasteiger partial charge in [-0.1, -0.05) is 117 Å². The van der Waals surface area contributed by atoms with E-state index in [-0.39, 0.29) is 5.41 Å². The second-order valence-electron chi connectivity index (χ2n) is 13.9. The van der Waals surface area contributed by atoms with E-state index < -0.39 is 0 Å². The number of aromatic nitrogens is 3. The molecule has 3 aromatic heterocycles. The minimum absolute atomic E-state index is 0.0502. The van der Waals surface area contributed by atoms with Crippen molar-refractivity contribution in [2.45, 2.75) is 19.3 Å². The Kier molecular flexibility index (Phi) is 6.22. The summed E-state index contributed by atoms with van der Waals surface area (Å²) in [5.74, 6) is 0.885. The SMILES string of the molecule is CC1(C)c2ccccc2-c2cc3cc4c5ccccc5n(-c5ccc(-c6cc(-c7ccccc7)cc(-c7ccccc7)n6)cn5)c4cc3cc21. The van der Waals surface area contributed by atoms with Gasteiger partial charge in [0, 0.05) is 33.5 Å². The molecule has 3 heterocycles. The van der Waals surface area contributed by atoms with Gasteiger partial charge in [0.05, 0.1) is 22.4 Å². The zero-order valence-electron chi connectivity index (χ0n) is 27.9. The predicted molar refractivity (Wildman–Crippen MR) is 208 cm³/mol. The minimum atomic E-state index is -0.0502. The first-order valence-corrected chi connectivity index (χ1v) is 17.2. The molecule has 10 rings (SSSR count). The van der Waals surface area contributed by atoms with Crippen molar-refractivity contribution in [3.8, 4) is 50.6 Å². The summed E-state index contributed by atoms with van der Waals surface area (Å²) in [6.07, 6.45) is 1.97. The highest BCUT2D eigenvalue weighted by molar-refractivity contribution is 6.14. The van der Waals surface area contributed by atoms with Crippen molar-refractivity contribution in [2.24, 2.45) is 0 Å². The van der Waals surface area contributed by atoms with Crippen LogP contribution in [0.4, 0.5) is 0 Å². The van der Waals surface area contributed by atoms with Crippen molar-refractivity contribution in [3.63, 3.8) is 0 Å². The van der Waals surface area contributed by atoms with Crippen LogP contribution in [-0.4, -0.2) is 14.5 Å². The summed E-state index contributed by atoms with van der Waals surface area (Å²) in [5, 5.41) is 4.96. The molecule has 0 fully saturated rings. The molecule has 6 aromatic carbocycles. The fourth-order valence-electron chi connectivity index (χ4n) is 8.06. The third-order valence-electron chi connectivity index (χ3n) is 10.6. The van der Waals surface area contributed by atoms with Crippen LogP contribution < -0.4 is 0 Å². The van der Waals surface area contributed by atoms with Crippen LogP contribution in [0.25, 0.3) is 83.2 Å². The van der Waals surface area contributed by atoms with E-state index in [4.69, 9.17) is 9.97 Å². The van der Waals surface area contributed by atoms with Gasteiger partial charge >= 0.3 is 0 Å². The van der Waals surface area contributed by atoms with Crippen LogP contribution in [-0.2, 0) is 5.41 Å². The van der Waals surface area contributed by atoms with E-state index in [0.29, 0.717) is 0 Å². The maximum Gasteiger partial charge on any atom is 0.137 e. The number of benzene rings is 6. The third-order valence-corrected chi connectivity index (χ3v) is 10.6. The molecule has 1 aliphatic carbocycles. The lowest BCUT2D eigenvalue weighted by Gasteiger charge is -2.21. The number of para-hydroxylation sites is 1. The number of rotatable bonds is 4. The number of nitrogens with zero attached hydrogens (tertiary/aromatic N) is 3. The van der Waals surface area contributed by atoms with E-state index in [0.717, 1.165) is 50.5 Å². The quantitative estimate of drug-likeness (QED) is 0.192. The van der Waals surface area contributed by atoms with Crippen LogP contribution in [0.15, 0.2) is 164 Å². The van der Waals surface area contributed by atoms with Crippen molar-refractivity contribution in [3.05, 3.63) is 175 Å². The van der Waals surface area contributed by atoms with Crippen LogP contribution in [0.1, 0.15) is 25.0 Å². The summed E-state index contributed by atoms with van der Waals surface area (Å²) in [5.41, 5.74) is 13.9. The Morgan fingerprint density at radius 1 is 0.460 bits per heavy atom. The Hall–Kier alpha value is -6.32. The molecule has 50 heavy (non-hydrogen) atoms. The molecule has 0 bridgehead atoms. The average Bonchev–Trinajstić information content (AvgIpc) is 3.61. The molecular formula is C47H33N3. The van der Waals surface area contributed by atoms with Gasteiger partial charge in [0.1, 0.15) is 5.82 Å². The lowest BCUT2D eigenvalue weighted by Crippen LogP contribution is -2.14. The van der Waals surface area contributed by atoms with Crippen molar-refractivity contribution < 1.29 is 0 Å². The Morgan fingerprint density at radius 2 is 1.14 bits per heavy atom. The molecule has 9 aromatic rings. The molecule has 1 aliphatic rings. The first kappa shape index (κ1) is 28.7. The maximum atomic E-state index is 5.13. The summed E-state index contributed by atoms with van der Waals surface area (Å²) in [7, 11) is 0. The third kappa shape index (κ3) is 4.37. The van der Waals surface area contributed by atoms with Gasteiger partial charge in [0.25, 0.3) is 0 Å². The van der Waals surface area contributed by atoms with Gasteiger partial charge in [-0.05, 0) is 98.8 Å². The second kappa shape index (κ2) is 10.8. The number of fused-ring (bicyclic) bond motifs is 7. The summed E-state index contributed by atoms with van der Waals surface area (Å²) in [6.45, 7) is 4.69. The Morgan fingerprint density at radius 3 is 1.92 bits per heavy atom. The molecule has 0 atom stereocenters. The molecule has 0 spiro atoms. The highest BCUT2D eigenvalue weighted by atomic mass is 15.1. The maximum absolute atomic E-state index is 5.13. The van der Waals surface area contributed by atoms with Crippen LogP contribution in [0.2, 0.25) is 0 Å². The predicted octanol–water partition coefficient (Wildman–Crippen LogP) is 12.0. The van der Waals surface area contributed by atoms with E-state index in [2.05, 4.69) is 170 Å². The molecule has 3 heteroatoms. The summed E-state index contributed by atoms with van der Waals surface area (Å²) < 4.78 is 2.31. The van der Waals surface area contributed by atoms with Gasteiger partial charge in [0.15, 0.2) is 0 Å². The minimum Gasteiger partial charge on any atom is -0.294 e. The lowest BCUT2D eigenvalue weighted by atomic mass is 9.82. The van der Waals surface area contributed by atoms with E-state index in [1.165, 1.54) is 43.8 Å². The molecule has 0 amide bonds. The fourth-order valence-corrected chi connectivity index (χ4v) is 8.06. The first-order valence-electron chi connectivity index (χ1n) is 17.2. The molecule has 0 N–H and O–H groups in total. The molecule has 3 nitrogen and oxygen atoms in total. The zero-order valence-corrected chi connectivity index (χ0v) is 27.9. The van der Waals surface area contributed by atoms with Crippen LogP contribution in [0, 0.1) is 0 Å². The van der Waals surface area contributed by atoms with Gasteiger partial charge < -0.3 is 0 Å². The van der Waals surface area contributed by atoms with E-state index >= 15 is 0 Å². The average molecular weight is 640 g/mol. The monoisotopic (exact) mass is 639 g/mol. The Bertz CT molecular complexity index is 2700. The Labute approximate surface area is 291 Å². The largest absolute Gasteiger partial charge is 0.294 e. The van der Waals surface area contributed by atoms with E-state index in [1.54, 1.807) is 0 Å². The zero-order chi connectivity index (χ0) is 33.4.